The molecular weight excluding hydrogens is 392 g/mol. The predicted molar refractivity (Wildman–Crippen MR) is 69.3 cm³/mol. The lowest BCUT2D eigenvalue weighted by Gasteiger charge is -2.22. The van der Waals surface area contributed by atoms with Crippen molar-refractivity contribution in [1.29, 1.82) is 0 Å². The summed E-state index contributed by atoms with van der Waals surface area (Å²) in [5.74, 6) is 0. The molecule has 0 atom stereocenters. The van der Waals surface area contributed by atoms with Crippen LogP contribution < -0.4 is 4.57 Å². The molecule has 15 heteroatoms. The predicted octanol–water partition coefficient (Wildman–Crippen LogP) is 1.87. The number of alkyl halides is 6. The molecule has 1 aromatic rings. The fraction of sp³-hybridized carbons (Fsp3) is 0.667. The number of imidazole rings is 1. The fourth-order valence-electron chi connectivity index (χ4n) is 1.03. The molecule has 0 aliphatic carbocycles. The van der Waals surface area contributed by atoms with Crippen LogP contribution in [0.15, 0.2) is 18.7 Å². The Bertz CT molecular complexity index is 676. The van der Waals surface area contributed by atoms with Crippen LogP contribution in [0.2, 0.25) is 0 Å². The van der Waals surface area contributed by atoms with Crippen LogP contribution in [-0.2, 0) is 33.1 Å². The number of aryl methyl sites for hydroxylation is 2. The Kier molecular flexibility index (Phi) is 7.26. The van der Waals surface area contributed by atoms with Gasteiger partial charge in [-0.25, -0.2) is 26.0 Å². The molecule has 0 aliphatic rings. The molecule has 1 rings (SSSR count). The van der Waals surface area contributed by atoms with Crippen molar-refractivity contribution >= 4 is 20.0 Å². The largest absolute Gasteiger partial charge is 0.480 e. The molecule has 7 nitrogen and oxygen atoms in total. The summed E-state index contributed by atoms with van der Waals surface area (Å²) in [5.41, 5.74) is -12.4. The first-order chi connectivity index (χ1) is 10.6. The number of hydrogen-bond acceptors (Lipinski definition) is 4. The number of hydrogen-bond donors (Lipinski definition) is 0. The van der Waals surface area contributed by atoms with Crippen LogP contribution in [0.3, 0.4) is 0 Å². The van der Waals surface area contributed by atoms with Crippen molar-refractivity contribution in [2.45, 2.75) is 38.0 Å². The van der Waals surface area contributed by atoms with Crippen LogP contribution >= 0.6 is 0 Å². The Morgan fingerprint density at radius 2 is 1.38 bits per heavy atom. The van der Waals surface area contributed by atoms with E-state index in [0.29, 0.717) is 0 Å². The summed E-state index contributed by atoms with van der Waals surface area (Å²) >= 11 is 0. The molecule has 0 bridgehead atoms. The van der Waals surface area contributed by atoms with E-state index in [4.69, 9.17) is 0 Å². The first-order valence-corrected chi connectivity index (χ1v) is 8.87. The molecule has 0 saturated carbocycles. The molecule has 0 amide bonds. The highest BCUT2D eigenvalue weighted by atomic mass is 32.3. The number of sulfonamides is 2. The van der Waals surface area contributed by atoms with Gasteiger partial charge in [-0.15, -0.1) is 0 Å². The number of nitrogens with zero attached hydrogens (tertiary/aromatic N) is 3. The van der Waals surface area contributed by atoms with E-state index in [0.717, 1.165) is 17.2 Å². The highest BCUT2D eigenvalue weighted by Crippen LogP contribution is 2.36. The maximum Gasteiger partial charge on any atom is 0.480 e. The van der Waals surface area contributed by atoms with Gasteiger partial charge in [0.15, 0.2) is 20.0 Å². The molecular formula is C9H13F6N3O4S2. The molecule has 1 heterocycles. The minimum Gasteiger partial charge on any atom is -0.421 e. The van der Waals surface area contributed by atoms with Crippen molar-refractivity contribution in [1.82, 2.24) is 4.57 Å². The molecule has 0 aromatic carbocycles. The quantitative estimate of drug-likeness (QED) is 0.565. The van der Waals surface area contributed by atoms with E-state index in [1.807, 2.05) is 0 Å². The minimum atomic E-state index is -6.72. The van der Waals surface area contributed by atoms with Crippen molar-refractivity contribution in [3.05, 3.63) is 22.8 Å². The molecule has 0 unspecified atom stereocenters. The summed E-state index contributed by atoms with van der Waals surface area (Å²) in [5, 5.41) is 0. The summed E-state index contributed by atoms with van der Waals surface area (Å²) in [4.78, 5) is 0. The second-order valence-electron chi connectivity index (χ2n) is 3.99. The van der Waals surface area contributed by atoms with Crippen LogP contribution in [0, 0.1) is 0 Å². The summed E-state index contributed by atoms with van der Waals surface area (Å²) in [7, 11) is -13.4. The van der Waals surface area contributed by atoms with E-state index in [1.165, 1.54) is 0 Å². The topological polar surface area (TPSA) is 91.2 Å². The summed E-state index contributed by atoms with van der Waals surface area (Å²) in [6, 6.07) is 0. The summed E-state index contributed by atoms with van der Waals surface area (Å²) in [6.07, 6.45) is 6.28. The summed E-state index contributed by atoms with van der Waals surface area (Å²) in [6.45, 7) is 6.40. The van der Waals surface area contributed by atoms with Crippen LogP contribution in [0.5, 0.6) is 0 Å². The van der Waals surface area contributed by atoms with Crippen LogP contribution in [0.1, 0.15) is 13.8 Å². The smallest absolute Gasteiger partial charge is 0.421 e. The van der Waals surface area contributed by atoms with Gasteiger partial charge in [0.1, 0.15) is 12.4 Å². The van der Waals surface area contributed by atoms with Gasteiger partial charge >= 0.3 is 11.0 Å². The van der Waals surface area contributed by atoms with Crippen molar-refractivity contribution < 1.29 is 47.7 Å². The second kappa shape index (κ2) is 7.69. The molecule has 0 spiro atoms. The van der Waals surface area contributed by atoms with E-state index in [2.05, 4.69) is 41.7 Å². The van der Waals surface area contributed by atoms with Crippen molar-refractivity contribution in [2.75, 3.05) is 0 Å². The second-order valence-corrected chi connectivity index (χ2v) is 7.41. The maximum absolute atomic E-state index is 11.4. The van der Waals surface area contributed by atoms with Crippen LogP contribution in [0.4, 0.5) is 26.3 Å². The lowest BCUT2D eigenvalue weighted by molar-refractivity contribution is -0.693. The monoisotopic (exact) mass is 405 g/mol. The molecule has 24 heavy (non-hydrogen) atoms. The van der Waals surface area contributed by atoms with Crippen molar-refractivity contribution in [3.63, 3.8) is 0 Å². The van der Waals surface area contributed by atoms with Gasteiger partial charge in [0.2, 0.25) is 6.33 Å². The van der Waals surface area contributed by atoms with Gasteiger partial charge in [0.25, 0.3) is 0 Å². The molecule has 0 radical (unpaired) electrons. The Balaban J connectivity index is 0.000000496. The van der Waals surface area contributed by atoms with E-state index in [1.54, 1.807) is 0 Å². The zero-order valence-corrected chi connectivity index (χ0v) is 13.8. The van der Waals surface area contributed by atoms with E-state index in [9.17, 15) is 43.2 Å². The Morgan fingerprint density at radius 3 is 1.58 bits per heavy atom. The van der Waals surface area contributed by atoms with Crippen LogP contribution in [0.25, 0.3) is 4.13 Å². The highest BCUT2D eigenvalue weighted by molar-refractivity contribution is 8.13. The molecule has 0 fully saturated rings. The highest BCUT2D eigenvalue weighted by Gasteiger charge is 2.46. The minimum absolute atomic E-state index is 0.778. The van der Waals surface area contributed by atoms with Crippen molar-refractivity contribution in [2.24, 2.45) is 0 Å². The molecule has 142 valence electrons. The average molecular weight is 405 g/mol. The van der Waals surface area contributed by atoms with E-state index in [-0.39, 0.29) is 0 Å². The lowest BCUT2D eigenvalue weighted by Crippen LogP contribution is -2.30. The van der Waals surface area contributed by atoms with Gasteiger partial charge in [0, 0.05) is 0 Å². The summed E-state index contributed by atoms with van der Waals surface area (Å²) < 4.78 is 113. The molecule has 0 N–H and O–H groups in total. The van der Waals surface area contributed by atoms with Gasteiger partial charge in [0.05, 0.1) is 13.1 Å². The molecule has 0 aliphatic heterocycles. The number of halogens is 6. The Labute approximate surface area is 134 Å². The molecule has 0 saturated heterocycles. The first kappa shape index (κ1) is 22.6. The van der Waals surface area contributed by atoms with E-state index >= 15 is 0 Å². The number of aromatic nitrogens is 2. The first-order valence-electron chi connectivity index (χ1n) is 5.99. The van der Waals surface area contributed by atoms with Gasteiger partial charge in [-0.2, -0.15) is 26.3 Å². The van der Waals surface area contributed by atoms with Gasteiger partial charge in [-0.1, -0.05) is 0 Å². The standard InChI is InChI=1S/C7H13N2.C2F6NO4S2/c1-3-8-5-6-9(4-2)7-8;3-1(4,5)14(10,11)9-15(12,13)2(6,7)8/h5-7H,3-4H2,1-2H3;/q+1;-1. The average Bonchev–Trinajstić information content (AvgIpc) is 2.83. The third-order valence-electron chi connectivity index (χ3n) is 2.26. The van der Waals surface area contributed by atoms with Gasteiger partial charge in [-0.3, -0.25) is 0 Å². The SMILES string of the molecule is CCn1cc[n+](CC)c1.O=S(=O)([N-]S(=O)(=O)C(F)(F)F)C(F)(F)F. The maximum atomic E-state index is 11.4. The Hall–Kier alpha value is -1.35. The van der Waals surface area contributed by atoms with Gasteiger partial charge < -0.3 is 4.13 Å². The zero-order valence-electron chi connectivity index (χ0n) is 12.2. The van der Waals surface area contributed by atoms with Crippen molar-refractivity contribution in [3.8, 4) is 0 Å². The third kappa shape index (κ3) is 6.27. The normalized spacial score (nSPS) is 13.3. The molecule has 1 aromatic heterocycles. The lowest BCUT2D eigenvalue weighted by atomic mass is 10.7. The fourth-order valence-corrected chi connectivity index (χ4v) is 2.74. The van der Waals surface area contributed by atoms with Gasteiger partial charge in [-0.05, 0) is 13.8 Å². The third-order valence-corrected chi connectivity index (χ3v) is 5.00. The zero-order chi connectivity index (χ0) is 19.4. The van der Waals surface area contributed by atoms with E-state index < -0.39 is 31.1 Å². The van der Waals surface area contributed by atoms with Crippen LogP contribution in [-0.4, -0.2) is 32.4 Å². The Morgan fingerprint density at radius 1 is 0.958 bits per heavy atom. The number of rotatable bonds is 4.